The van der Waals surface area contributed by atoms with Gasteiger partial charge in [-0.3, -0.25) is 9.36 Å². The maximum absolute atomic E-state index is 12.0. The highest BCUT2D eigenvalue weighted by Crippen LogP contribution is 2.11. The normalized spacial score (nSPS) is 12.8. The van der Waals surface area contributed by atoms with E-state index in [1.807, 2.05) is 13.8 Å². The third kappa shape index (κ3) is 2.91. The van der Waals surface area contributed by atoms with E-state index in [-0.39, 0.29) is 31.0 Å². The van der Waals surface area contributed by atoms with Crippen LogP contribution in [-0.2, 0) is 11.3 Å². The highest BCUT2D eigenvalue weighted by atomic mass is 16.4. The molecule has 0 aliphatic rings. The van der Waals surface area contributed by atoms with E-state index in [1.54, 1.807) is 24.3 Å². The number of benzene rings is 1. The van der Waals surface area contributed by atoms with E-state index in [0.717, 1.165) is 0 Å². The lowest BCUT2D eigenvalue weighted by Gasteiger charge is -2.19. The Morgan fingerprint density at radius 2 is 2.10 bits per heavy atom. The van der Waals surface area contributed by atoms with Gasteiger partial charge in [0.2, 0.25) is 5.91 Å². The molecule has 108 valence electrons. The third-order valence-corrected chi connectivity index (χ3v) is 3.22. The van der Waals surface area contributed by atoms with Gasteiger partial charge in [0, 0.05) is 0 Å². The first kappa shape index (κ1) is 14.3. The molecule has 1 aromatic carbocycles. The number of aliphatic hydroxyl groups is 1. The Morgan fingerprint density at radius 3 is 2.75 bits per heavy atom. The number of rotatable bonds is 5. The van der Waals surface area contributed by atoms with Crippen LogP contribution in [0, 0.1) is 5.92 Å². The smallest absolute Gasteiger partial charge is 0.408 e. The number of oxazole rings is 1. The molecule has 1 unspecified atom stereocenters. The topological polar surface area (TPSA) is 84.5 Å². The van der Waals surface area contributed by atoms with E-state index in [9.17, 15) is 14.7 Å². The van der Waals surface area contributed by atoms with Gasteiger partial charge >= 0.3 is 5.76 Å². The van der Waals surface area contributed by atoms with Gasteiger partial charge in [-0.15, -0.1) is 0 Å². The second-order valence-corrected chi connectivity index (χ2v) is 5.02. The van der Waals surface area contributed by atoms with Gasteiger partial charge < -0.3 is 14.8 Å². The monoisotopic (exact) mass is 278 g/mol. The number of carbonyl (C=O) groups excluding carboxylic acids is 1. The van der Waals surface area contributed by atoms with E-state index in [2.05, 4.69) is 5.32 Å². The number of hydrogen-bond donors (Lipinski definition) is 2. The third-order valence-electron chi connectivity index (χ3n) is 3.22. The minimum atomic E-state index is -0.563. The van der Waals surface area contributed by atoms with Crippen molar-refractivity contribution in [2.75, 3.05) is 6.61 Å². The van der Waals surface area contributed by atoms with Crippen molar-refractivity contribution in [2.45, 2.75) is 26.4 Å². The molecule has 0 bridgehead atoms. The number of aliphatic hydroxyl groups excluding tert-OH is 1. The van der Waals surface area contributed by atoms with E-state index < -0.39 is 5.76 Å². The van der Waals surface area contributed by atoms with Crippen LogP contribution >= 0.6 is 0 Å². The number of aromatic nitrogens is 1. The Balaban J connectivity index is 2.18. The summed E-state index contributed by atoms with van der Waals surface area (Å²) in [6.45, 7) is 3.55. The molecular formula is C14H18N2O4. The van der Waals surface area contributed by atoms with Gasteiger partial charge in [-0.1, -0.05) is 26.0 Å². The van der Waals surface area contributed by atoms with Crippen molar-refractivity contribution in [3.8, 4) is 0 Å². The molecule has 1 aromatic heterocycles. The summed E-state index contributed by atoms with van der Waals surface area (Å²) in [5, 5.41) is 11.9. The summed E-state index contributed by atoms with van der Waals surface area (Å²) in [6.07, 6.45) is 0. The SMILES string of the molecule is CC(C)C(CO)NC(=O)Cn1c(=O)oc2ccccc21. The fraction of sp³-hybridized carbons (Fsp3) is 0.429. The first-order valence-electron chi connectivity index (χ1n) is 6.51. The number of nitrogens with zero attached hydrogens (tertiary/aromatic N) is 1. The molecule has 20 heavy (non-hydrogen) atoms. The zero-order chi connectivity index (χ0) is 14.7. The highest BCUT2D eigenvalue weighted by Gasteiger charge is 2.17. The number of hydrogen-bond acceptors (Lipinski definition) is 4. The molecule has 0 saturated heterocycles. The predicted octanol–water partition coefficient (Wildman–Crippen LogP) is 0.728. The minimum Gasteiger partial charge on any atom is -0.408 e. The van der Waals surface area contributed by atoms with Crippen LogP contribution in [0.4, 0.5) is 0 Å². The highest BCUT2D eigenvalue weighted by molar-refractivity contribution is 5.79. The molecule has 0 spiro atoms. The second-order valence-electron chi connectivity index (χ2n) is 5.02. The Morgan fingerprint density at radius 1 is 1.40 bits per heavy atom. The van der Waals surface area contributed by atoms with Crippen molar-refractivity contribution in [3.63, 3.8) is 0 Å². The molecule has 0 radical (unpaired) electrons. The molecule has 2 N–H and O–H groups in total. The lowest BCUT2D eigenvalue weighted by Crippen LogP contribution is -2.43. The van der Waals surface area contributed by atoms with E-state index in [4.69, 9.17) is 4.42 Å². The summed E-state index contributed by atoms with van der Waals surface area (Å²) in [5.41, 5.74) is 1.03. The maximum Gasteiger partial charge on any atom is 0.420 e. The van der Waals surface area contributed by atoms with E-state index in [0.29, 0.717) is 11.1 Å². The second kappa shape index (κ2) is 5.92. The molecule has 6 nitrogen and oxygen atoms in total. The summed E-state index contributed by atoms with van der Waals surface area (Å²) in [4.78, 5) is 23.7. The maximum atomic E-state index is 12.0. The van der Waals surface area contributed by atoms with Gasteiger partial charge in [0.05, 0.1) is 18.2 Å². The summed E-state index contributed by atoms with van der Waals surface area (Å²) >= 11 is 0. The predicted molar refractivity (Wildman–Crippen MR) is 74.3 cm³/mol. The summed E-state index contributed by atoms with van der Waals surface area (Å²) < 4.78 is 6.33. The van der Waals surface area contributed by atoms with Crippen LogP contribution in [0.1, 0.15) is 13.8 Å². The lowest BCUT2D eigenvalue weighted by molar-refractivity contribution is -0.123. The lowest BCUT2D eigenvalue weighted by atomic mass is 10.1. The Hall–Kier alpha value is -2.08. The first-order valence-corrected chi connectivity index (χ1v) is 6.51. The zero-order valence-electron chi connectivity index (χ0n) is 11.5. The number of fused-ring (bicyclic) bond motifs is 1. The Kier molecular flexibility index (Phi) is 4.24. The van der Waals surface area contributed by atoms with Gasteiger partial charge in [-0.25, -0.2) is 4.79 Å². The minimum absolute atomic E-state index is 0.113. The average molecular weight is 278 g/mol. The fourth-order valence-corrected chi connectivity index (χ4v) is 1.98. The molecule has 6 heteroatoms. The number of amides is 1. The molecule has 1 heterocycles. The zero-order valence-corrected chi connectivity index (χ0v) is 11.5. The quantitative estimate of drug-likeness (QED) is 0.844. The molecule has 0 aliphatic carbocycles. The molecule has 0 fully saturated rings. The molecule has 1 amide bonds. The van der Waals surface area contributed by atoms with Crippen molar-refractivity contribution >= 4 is 17.0 Å². The number of para-hydroxylation sites is 2. The summed E-state index contributed by atoms with van der Waals surface area (Å²) in [7, 11) is 0. The van der Waals surface area contributed by atoms with Gasteiger partial charge in [-0.05, 0) is 18.1 Å². The van der Waals surface area contributed by atoms with Crippen molar-refractivity contribution < 1.29 is 14.3 Å². The summed E-state index contributed by atoms with van der Waals surface area (Å²) in [5.74, 6) is -0.778. The molecule has 2 rings (SSSR count). The first-order chi connectivity index (χ1) is 9.52. The molecule has 0 saturated carbocycles. The average Bonchev–Trinajstić information content (AvgIpc) is 2.72. The summed E-state index contributed by atoms with van der Waals surface area (Å²) in [6, 6.07) is 6.61. The molecule has 0 aliphatic heterocycles. The van der Waals surface area contributed by atoms with Crippen LogP contribution in [0.5, 0.6) is 0 Å². The molecule has 1 atom stereocenters. The number of nitrogens with one attached hydrogen (secondary N) is 1. The number of carbonyl (C=O) groups is 1. The standard InChI is InChI=1S/C14H18N2O4/c1-9(2)10(8-17)15-13(18)7-16-11-5-3-4-6-12(11)20-14(16)19/h3-6,9-10,17H,7-8H2,1-2H3,(H,15,18). The van der Waals surface area contributed by atoms with Crippen LogP contribution in [0.2, 0.25) is 0 Å². The Labute approximate surface area is 116 Å². The van der Waals surface area contributed by atoms with Crippen LogP contribution in [0.25, 0.3) is 11.1 Å². The van der Waals surface area contributed by atoms with Crippen molar-refractivity contribution in [1.29, 1.82) is 0 Å². The van der Waals surface area contributed by atoms with Crippen LogP contribution in [0.3, 0.4) is 0 Å². The van der Waals surface area contributed by atoms with Gasteiger partial charge in [0.25, 0.3) is 0 Å². The van der Waals surface area contributed by atoms with E-state index >= 15 is 0 Å². The van der Waals surface area contributed by atoms with Crippen molar-refractivity contribution in [1.82, 2.24) is 9.88 Å². The van der Waals surface area contributed by atoms with Crippen molar-refractivity contribution in [3.05, 3.63) is 34.8 Å². The van der Waals surface area contributed by atoms with Gasteiger partial charge in [0.15, 0.2) is 5.58 Å². The molecule has 2 aromatic rings. The van der Waals surface area contributed by atoms with E-state index in [1.165, 1.54) is 4.57 Å². The van der Waals surface area contributed by atoms with Crippen LogP contribution in [-0.4, -0.2) is 28.2 Å². The van der Waals surface area contributed by atoms with Gasteiger partial charge in [0.1, 0.15) is 6.54 Å². The van der Waals surface area contributed by atoms with Gasteiger partial charge in [-0.2, -0.15) is 0 Å². The Bertz CT molecular complexity index is 656. The van der Waals surface area contributed by atoms with Crippen molar-refractivity contribution in [2.24, 2.45) is 5.92 Å². The van der Waals surface area contributed by atoms with Crippen LogP contribution in [0.15, 0.2) is 33.5 Å². The molecular weight excluding hydrogens is 260 g/mol. The fourth-order valence-electron chi connectivity index (χ4n) is 1.98. The van der Waals surface area contributed by atoms with Crippen LogP contribution < -0.4 is 11.1 Å². The largest absolute Gasteiger partial charge is 0.420 e.